The fourth-order valence-corrected chi connectivity index (χ4v) is 5.02. The summed E-state index contributed by atoms with van der Waals surface area (Å²) >= 11 is 0. The van der Waals surface area contributed by atoms with Crippen LogP contribution in [0.5, 0.6) is 0 Å². The van der Waals surface area contributed by atoms with Crippen molar-refractivity contribution in [1.29, 1.82) is 0 Å². The van der Waals surface area contributed by atoms with E-state index >= 15 is 0 Å². The molecule has 33 heavy (non-hydrogen) atoms. The highest BCUT2D eigenvalue weighted by Crippen LogP contribution is 2.24. The molecule has 1 aromatic rings. The molecule has 0 radical (unpaired) electrons. The molecule has 0 aromatic heterocycles. The second kappa shape index (κ2) is 12.2. The van der Waals surface area contributed by atoms with Crippen LogP contribution in [0.4, 0.5) is 5.69 Å². The fourth-order valence-electron chi connectivity index (χ4n) is 5.02. The minimum atomic E-state index is -0.291. The number of benzene rings is 1. The number of likely N-dealkylation sites (N-methyl/N-ethyl adjacent to an activating group) is 1. The molecule has 182 valence electrons. The number of nitrogens with one attached hydrogen (secondary N) is 2. The van der Waals surface area contributed by atoms with Crippen molar-refractivity contribution < 1.29 is 14.4 Å². The van der Waals surface area contributed by atoms with Gasteiger partial charge in [0.15, 0.2) is 0 Å². The van der Waals surface area contributed by atoms with Gasteiger partial charge in [-0.3, -0.25) is 19.3 Å². The molecule has 1 saturated carbocycles. The molecule has 2 fully saturated rings. The summed E-state index contributed by atoms with van der Waals surface area (Å²) in [5, 5.41) is 6.17. The van der Waals surface area contributed by atoms with E-state index in [4.69, 9.17) is 0 Å². The SMILES string of the molecule is CCc1ccccc1NC(=O)CN(C)C(=O)C(C)N1CCC(NC(=O)C2CCCCC2)CC1. The molecule has 7 heteroatoms. The zero-order valence-corrected chi connectivity index (χ0v) is 20.4. The lowest BCUT2D eigenvalue weighted by Crippen LogP contribution is -2.53. The van der Waals surface area contributed by atoms with Crippen LogP contribution in [-0.2, 0) is 20.8 Å². The van der Waals surface area contributed by atoms with Crippen LogP contribution in [0.2, 0.25) is 0 Å². The monoisotopic (exact) mass is 456 g/mol. The van der Waals surface area contributed by atoms with Crippen molar-refractivity contribution in [3.8, 4) is 0 Å². The molecule has 1 saturated heterocycles. The number of hydrogen-bond donors (Lipinski definition) is 2. The zero-order valence-electron chi connectivity index (χ0n) is 20.4. The Hall–Kier alpha value is -2.41. The zero-order chi connectivity index (χ0) is 23.8. The molecular formula is C26H40N4O3. The number of nitrogens with zero attached hydrogens (tertiary/aromatic N) is 2. The smallest absolute Gasteiger partial charge is 0.243 e. The number of piperidine rings is 1. The van der Waals surface area contributed by atoms with Crippen LogP contribution in [0, 0.1) is 5.92 Å². The predicted octanol–water partition coefficient (Wildman–Crippen LogP) is 3.20. The summed E-state index contributed by atoms with van der Waals surface area (Å²) < 4.78 is 0. The highest BCUT2D eigenvalue weighted by atomic mass is 16.2. The Morgan fingerprint density at radius 3 is 2.39 bits per heavy atom. The summed E-state index contributed by atoms with van der Waals surface area (Å²) in [6.07, 6.45) is 8.14. The van der Waals surface area contributed by atoms with Gasteiger partial charge in [0, 0.05) is 37.8 Å². The van der Waals surface area contributed by atoms with Gasteiger partial charge in [-0.1, -0.05) is 44.4 Å². The van der Waals surface area contributed by atoms with Crippen molar-refractivity contribution in [3.05, 3.63) is 29.8 Å². The normalized spacial score (nSPS) is 19.0. The Bertz CT molecular complexity index is 814. The molecule has 1 aliphatic heterocycles. The molecule has 2 aliphatic rings. The maximum Gasteiger partial charge on any atom is 0.243 e. The van der Waals surface area contributed by atoms with Crippen LogP contribution >= 0.6 is 0 Å². The van der Waals surface area contributed by atoms with Crippen molar-refractivity contribution in [3.63, 3.8) is 0 Å². The van der Waals surface area contributed by atoms with Gasteiger partial charge in [-0.15, -0.1) is 0 Å². The molecule has 0 bridgehead atoms. The van der Waals surface area contributed by atoms with Gasteiger partial charge in [0.25, 0.3) is 0 Å². The largest absolute Gasteiger partial charge is 0.353 e. The highest BCUT2D eigenvalue weighted by molar-refractivity contribution is 5.95. The minimum absolute atomic E-state index is 0.0229. The topological polar surface area (TPSA) is 81.8 Å². The molecule has 3 rings (SSSR count). The van der Waals surface area contributed by atoms with Crippen molar-refractivity contribution >= 4 is 23.4 Å². The third-order valence-corrected chi connectivity index (χ3v) is 7.19. The number of hydrogen-bond acceptors (Lipinski definition) is 4. The Kier molecular flexibility index (Phi) is 9.30. The highest BCUT2D eigenvalue weighted by Gasteiger charge is 2.30. The molecule has 1 heterocycles. The number of likely N-dealkylation sites (tertiary alicyclic amines) is 1. The summed E-state index contributed by atoms with van der Waals surface area (Å²) in [4.78, 5) is 41.7. The van der Waals surface area contributed by atoms with Gasteiger partial charge in [0.2, 0.25) is 17.7 Å². The number of aryl methyl sites for hydroxylation is 1. The first-order chi connectivity index (χ1) is 15.9. The lowest BCUT2D eigenvalue weighted by molar-refractivity contribution is -0.138. The van der Waals surface area contributed by atoms with E-state index in [1.54, 1.807) is 7.05 Å². The minimum Gasteiger partial charge on any atom is -0.353 e. The Balaban J connectivity index is 1.43. The summed E-state index contributed by atoms with van der Waals surface area (Å²) in [7, 11) is 1.68. The standard InChI is InChI=1S/C26H40N4O3/c1-4-20-10-8-9-13-23(20)28-24(31)18-29(3)26(33)19(2)30-16-14-22(15-17-30)27-25(32)21-11-6-5-7-12-21/h8-10,13,19,21-22H,4-7,11-12,14-18H2,1-3H3,(H,27,32)(H,28,31). The molecular weight excluding hydrogens is 416 g/mol. The first kappa shape index (κ1) is 25.2. The maximum absolute atomic E-state index is 13.0. The van der Waals surface area contributed by atoms with Gasteiger partial charge in [-0.2, -0.15) is 0 Å². The fraction of sp³-hybridized carbons (Fsp3) is 0.654. The van der Waals surface area contributed by atoms with Gasteiger partial charge < -0.3 is 15.5 Å². The van der Waals surface area contributed by atoms with Crippen LogP contribution in [0.25, 0.3) is 0 Å². The van der Waals surface area contributed by atoms with Crippen LogP contribution in [-0.4, -0.2) is 66.3 Å². The summed E-state index contributed by atoms with van der Waals surface area (Å²) in [5.74, 6) is 0.149. The van der Waals surface area contributed by atoms with E-state index in [2.05, 4.69) is 15.5 Å². The third kappa shape index (κ3) is 7.03. The second-order valence-electron chi connectivity index (χ2n) is 9.58. The lowest BCUT2D eigenvalue weighted by atomic mass is 9.88. The average Bonchev–Trinajstić information content (AvgIpc) is 2.84. The van der Waals surface area contributed by atoms with E-state index in [1.165, 1.54) is 11.3 Å². The maximum atomic E-state index is 13.0. The van der Waals surface area contributed by atoms with Gasteiger partial charge in [-0.25, -0.2) is 0 Å². The Morgan fingerprint density at radius 2 is 1.73 bits per heavy atom. The van der Waals surface area contributed by atoms with Gasteiger partial charge in [0.05, 0.1) is 12.6 Å². The van der Waals surface area contributed by atoms with E-state index < -0.39 is 0 Å². The third-order valence-electron chi connectivity index (χ3n) is 7.19. The van der Waals surface area contributed by atoms with E-state index in [1.807, 2.05) is 38.1 Å². The van der Waals surface area contributed by atoms with Crippen molar-refractivity contribution in [2.75, 3.05) is 32.0 Å². The number of para-hydroxylation sites is 1. The molecule has 1 aromatic carbocycles. The predicted molar refractivity (Wildman–Crippen MR) is 131 cm³/mol. The molecule has 2 N–H and O–H groups in total. The molecule has 3 amide bonds. The molecule has 1 unspecified atom stereocenters. The Morgan fingerprint density at radius 1 is 1.06 bits per heavy atom. The lowest BCUT2D eigenvalue weighted by Gasteiger charge is -2.37. The molecule has 0 spiro atoms. The molecule has 1 aliphatic carbocycles. The number of anilines is 1. The Labute approximate surface area is 198 Å². The van der Waals surface area contributed by atoms with Crippen LogP contribution in [0.15, 0.2) is 24.3 Å². The van der Waals surface area contributed by atoms with Gasteiger partial charge in [0.1, 0.15) is 0 Å². The van der Waals surface area contributed by atoms with E-state index in [0.29, 0.717) is 0 Å². The average molecular weight is 457 g/mol. The van der Waals surface area contributed by atoms with E-state index in [-0.39, 0.29) is 42.3 Å². The number of carbonyl (C=O) groups is 3. The first-order valence-corrected chi connectivity index (χ1v) is 12.6. The van der Waals surface area contributed by atoms with Crippen LogP contribution in [0.3, 0.4) is 0 Å². The first-order valence-electron chi connectivity index (χ1n) is 12.6. The van der Waals surface area contributed by atoms with Crippen LogP contribution in [0.1, 0.15) is 64.4 Å². The number of carbonyl (C=O) groups excluding carboxylic acids is 3. The van der Waals surface area contributed by atoms with Crippen molar-refractivity contribution in [2.24, 2.45) is 5.92 Å². The van der Waals surface area contributed by atoms with Crippen LogP contribution < -0.4 is 10.6 Å². The van der Waals surface area contributed by atoms with Gasteiger partial charge >= 0.3 is 0 Å². The quantitative estimate of drug-likeness (QED) is 0.629. The summed E-state index contributed by atoms with van der Waals surface area (Å²) in [6, 6.07) is 7.64. The molecule has 7 nitrogen and oxygen atoms in total. The van der Waals surface area contributed by atoms with E-state index in [0.717, 1.165) is 69.3 Å². The van der Waals surface area contributed by atoms with Crippen molar-refractivity contribution in [1.82, 2.24) is 15.1 Å². The van der Waals surface area contributed by atoms with Gasteiger partial charge in [-0.05, 0) is 50.7 Å². The second-order valence-corrected chi connectivity index (χ2v) is 9.58. The van der Waals surface area contributed by atoms with Crippen molar-refractivity contribution in [2.45, 2.75) is 77.3 Å². The number of rotatable bonds is 8. The number of amides is 3. The summed E-state index contributed by atoms with van der Waals surface area (Å²) in [6.45, 7) is 5.52. The summed E-state index contributed by atoms with van der Waals surface area (Å²) in [5.41, 5.74) is 1.88. The molecule has 1 atom stereocenters. The van der Waals surface area contributed by atoms with E-state index in [9.17, 15) is 14.4 Å².